The lowest BCUT2D eigenvalue weighted by Crippen LogP contribution is -2.50. The summed E-state index contributed by atoms with van der Waals surface area (Å²) in [5, 5.41) is 0. The fraction of sp³-hybridized carbons (Fsp3) is 0.923. The van der Waals surface area contributed by atoms with E-state index in [0.717, 1.165) is 19.1 Å². The minimum absolute atomic E-state index is 0.0235. The first-order valence-electron chi connectivity index (χ1n) is 6.95. The van der Waals surface area contributed by atoms with E-state index in [2.05, 4.69) is 0 Å². The van der Waals surface area contributed by atoms with Gasteiger partial charge in [0.2, 0.25) is 0 Å². The number of hydrogen-bond acceptors (Lipinski definition) is 5. The highest BCUT2D eigenvalue weighted by atomic mass is 32.2. The van der Waals surface area contributed by atoms with Crippen molar-refractivity contribution >= 4 is 16.2 Å². The number of rotatable bonds is 2. The van der Waals surface area contributed by atoms with Gasteiger partial charge in [-0.2, -0.15) is 8.42 Å². The molecule has 7 heteroatoms. The zero-order valence-corrected chi connectivity index (χ0v) is 13.3. The van der Waals surface area contributed by atoms with Crippen LogP contribution < -0.4 is 0 Å². The van der Waals surface area contributed by atoms with Crippen LogP contribution in [0, 0.1) is 0 Å². The fourth-order valence-corrected chi connectivity index (χ4v) is 3.72. The Morgan fingerprint density at radius 1 is 1.15 bits per heavy atom. The van der Waals surface area contributed by atoms with Gasteiger partial charge in [0.15, 0.2) is 0 Å². The third-order valence-electron chi connectivity index (χ3n) is 3.61. The summed E-state index contributed by atoms with van der Waals surface area (Å²) in [5.41, 5.74) is -0.517. The Labute approximate surface area is 120 Å². The van der Waals surface area contributed by atoms with Crippen LogP contribution in [0.5, 0.6) is 0 Å². The summed E-state index contributed by atoms with van der Waals surface area (Å²) >= 11 is 0. The van der Waals surface area contributed by atoms with Gasteiger partial charge in [0.05, 0.1) is 12.4 Å². The maximum absolute atomic E-state index is 12.2. The standard InChI is InChI=1S/C13H23NO5S/c1-13(2,3)18-12(15)14-9-5-6-10(14)8-11(7-9)19-20(4,16)17/h9-11H,5-8H2,1-4H3/t9-,10+,11?. The molecule has 6 nitrogen and oxygen atoms in total. The van der Waals surface area contributed by atoms with E-state index >= 15 is 0 Å². The molecule has 2 bridgehead atoms. The molecule has 2 aliphatic heterocycles. The van der Waals surface area contributed by atoms with Crippen molar-refractivity contribution in [3.8, 4) is 0 Å². The molecule has 1 amide bonds. The van der Waals surface area contributed by atoms with Gasteiger partial charge in [-0.15, -0.1) is 0 Å². The minimum atomic E-state index is -3.44. The van der Waals surface area contributed by atoms with Crippen molar-refractivity contribution < 1.29 is 22.1 Å². The number of ether oxygens (including phenoxy) is 1. The Morgan fingerprint density at radius 3 is 2.05 bits per heavy atom. The lowest BCUT2D eigenvalue weighted by molar-refractivity contribution is -0.00599. The first-order valence-corrected chi connectivity index (χ1v) is 8.76. The van der Waals surface area contributed by atoms with Gasteiger partial charge in [0, 0.05) is 12.1 Å². The van der Waals surface area contributed by atoms with Crippen molar-refractivity contribution in [1.82, 2.24) is 4.90 Å². The average Bonchev–Trinajstić information content (AvgIpc) is 2.46. The number of amides is 1. The van der Waals surface area contributed by atoms with Crippen molar-refractivity contribution in [2.24, 2.45) is 0 Å². The third-order valence-corrected chi connectivity index (χ3v) is 4.23. The molecule has 1 unspecified atom stereocenters. The summed E-state index contributed by atoms with van der Waals surface area (Å²) < 4.78 is 32.9. The zero-order chi connectivity index (χ0) is 15.1. The molecule has 0 aliphatic carbocycles. The molecule has 0 aromatic rings. The summed E-state index contributed by atoms with van der Waals surface area (Å²) in [4.78, 5) is 14.0. The molecule has 0 aromatic heterocycles. The molecule has 0 spiro atoms. The van der Waals surface area contributed by atoms with E-state index < -0.39 is 15.7 Å². The number of piperidine rings is 1. The second-order valence-electron chi connectivity index (χ2n) is 6.67. The number of hydrogen-bond donors (Lipinski definition) is 0. The van der Waals surface area contributed by atoms with Crippen LogP contribution in [0.25, 0.3) is 0 Å². The van der Waals surface area contributed by atoms with Crippen LogP contribution >= 0.6 is 0 Å². The van der Waals surface area contributed by atoms with E-state index in [0.29, 0.717) is 12.8 Å². The zero-order valence-electron chi connectivity index (χ0n) is 12.5. The molecule has 0 radical (unpaired) electrons. The number of nitrogens with zero attached hydrogens (tertiary/aromatic N) is 1. The number of fused-ring (bicyclic) bond motifs is 2. The van der Waals surface area contributed by atoms with Crippen LogP contribution in [-0.2, 0) is 19.0 Å². The van der Waals surface area contributed by atoms with E-state index in [9.17, 15) is 13.2 Å². The molecule has 0 N–H and O–H groups in total. The van der Waals surface area contributed by atoms with Gasteiger partial charge in [0.25, 0.3) is 10.1 Å². The highest BCUT2D eigenvalue weighted by Gasteiger charge is 2.45. The van der Waals surface area contributed by atoms with Crippen molar-refractivity contribution in [1.29, 1.82) is 0 Å². The van der Waals surface area contributed by atoms with Crippen LogP contribution in [-0.4, -0.2) is 49.5 Å². The molecule has 20 heavy (non-hydrogen) atoms. The molecule has 2 rings (SSSR count). The SMILES string of the molecule is CC(C)(C)OC(=O)N1[C@@H]2CC[C@H]1CC(OS(C)(=O)=O)C2. The molecule has 2 aliphatic rings. The Bertz CT molecular complexity index is 467. The van der Waals surface area contributed by atoms with Gasteiger partial charge in [-0.1, -0.05) is 0 Å². The lowest BCUT2D eigenvalue weighted by atomic mass is 10.0. The molecule has 0 saturated carbocycles. The van der Waals surface area contributed by atoms with E-state index in [1.807, 2.05) is 20.8 Å². The quantitative estimate of drug-likeness (QED) is 0.728. The monoisotopic (exact) mass is 305 g/mol. The summed E-state index contributed by atoms with van der Waals surface area (Å²) in [6.45, 7) is 5.52. The molecular weight excluding hydrogens is 282 g/mol. The van der Waals surface area contributed by atoms with Gasteiger partial charge in [-0.25, -0.2) is 4.79 Å². The fourth-order valence-electron chi connectivity index (χ4n) is 3.07. The lowest BCUT2D eigenvalue weighted by Gasteiger charge is -2.38. The van der Waals surface area contributed by atoms with Crippen LogP contribution in [0.4, 0.5) is 4.79 Å². The van der Waals surface area contributed by atoms with E-state index in [1.54, 1.807) is 4.90 Å². The minimum Gasteiger partial charge on any atom is -0.444 e. The normalized spacial score (nSPS) is 30.4. The van der Waals surface area contributed by atoms with Crippen molar-refractivity contribution in [3.63, 3.8) is 0 Å². The van der Waals surface area contributed by atoms with Gasteiger partial charge >= 0.3 is 6.09 Å². The molecule has 3 atom stereocenters. The van der Waals surface area contributed by atoms with Crippen LogP contribution in [0.2, 0.25) is 0 Å². The summed E-state index contributed by atoms with van der Waals surface area (Å²) in [6, 6.07) is 0.0469. The smallest absolute Gasteiger partial charge is 0.410 e. The van der Waals surface area contributed by atoms with Crippen molar-refractivity contribution in [2.45, 2.75) is 70.2 Å². The van der Waals surface area contributed by atoms with Crippen molar-refractivity contribution in [2.75, 3.05) is 6.26 Å². The van der Waals surface area contributed by atoms with E-state index in [-0.39, 0.29) is 24.3 Å². The van der Waals surface area contributed by atoms with Gasteiger partial charge in [-0.3, -0.25) is 4.18 Å². The highest BCUT2D eigenvalue weighted by Crippen LogP contribution is 2.38. The third kappa shape index (κ3) is 3.85. The maximum atomic E-state index is 12.2. The van der Waals surface area contributed by atoms with Crippen molar-refractivity contribution in [3.05, 3.63) is 0 Å². The Morgan fingerprint density at radius 2 is 1.65 bits per heavy atom. The van der Waals surface area contributed by atoms with Crippen LogP contribution in [0.1, 0.15) is 46.5 Å². The predicted octanol–water partition coefficient (Wildman–Crippen LogP) is 1.89. The largest absolute Gasteiger partial charge is 0.444 e. The molecule has 2 heterocycles. The molecule has 2 fully saturated rings. The van der Waals surface area contributed by atoms with Gasteiger partial charge < -0.3 is 9.64 Å². The molecule has 0 aromatic carbocycles. The van der Waals surface area contributed by atoms with Crippen LogP contribution in [0.3, 0.4) is 0 Å². The maximum Gasteiger partial charge on any atom is 0.410 e. The first kappa shape index (κ1) is 15.6. The predicted molar refractivity (Wildman–Crippen MR) is 73.8 cm³/mol. The number of carbonyl (C=O) groups is 1. The second kappa shape index (κ2) is 5.18. The average molecular weight is 305 g/mol. The molecular formula is C13H23NO5S. The second-order valence-corrected chi connectivity index (χ2v) is 8.27. The molecule has 2 saturated heterocycles. The van der Waals surface area contributed by atoms with Gasteiger partial charge in [0.1, 0.15) is 5.60 Å². The Kier molecular flexibility index (Phi) is 4.03. The highest BCUT2D eigenvalue weighted by molar-refractivity contribution is 7.86. The first-order chi connectivity index (χ1) is 9.05. The molecule has 116 valence electrons. The summed E-state index contributed by atoms with van der Waals surface area (Å²) in [7, 11) is -3.44. The van der Waals surface area contributed by atoms with E-state index in [1.165, 1.54) is 0 Å². The number of carbonyl (C=O) groups excluding carboxylic acids is 1. The van der Waals surface area contributed by atoms with E-state index in [4.69, 9.17) is 8.92 Å². The van der Waals surface area contributed by atoms with Crippen LogP contribution in [0.15, 0.2) is 0 Å². The Hall–Kier alpha value is -0.820. The topological polar surface area (TPSA) is 72.9 Å². The van der Waals surface area contributed by atoms with Gasteiger partial charge in [-0.05, 0) is 46.5 Å². The Balaban J connectivity index is 2.02. The summed E-state index contributed by atoms with van der Waals surface area (Å²) in [5.74, 6) is 0. The summed E-state index contributed by atoms with van der Waals surface area (Å²) in [6.07, 6.45) is 3.32.